The van der Waals surface area contributed by atoms with E-state index in [4.69, 9.17) is 38.5 Å². The van der Waals surface area contributed by atoms with Crippen LogP contribution in [0.4, 0.5) is 0 Å². The summed E-state index contributed by atoms with van der Waals surface area (Å²) in [5.74, 6) is -4.08. The van der Waals surface area contributed by atoms with E-state index in [2.05, 4.69) is 0 Å². The Labute approximate surface area is 191 Å². The zero-order chi connectivity index (χ0) is 24.3. The van der Waals surface area contributed by atoms with Crippen LogP contribution in [0.3, 0.4) is 0 Å². The van der Waals surface area contributed by atoms with E-state index < -0.39 is 23.9 Å². The van der Waals surface area contributed by atoms with Gasteiger partial charge in [-0.2, -0.15) is 0 Å². The van der Waals surface area contributed by atoms with Crippen molar-refractivity contribution in [3.05, 3.63) is 0 Å². The second kappa shape index (κ2) is 18.2. The van der Waals surface area contributed by atoms with Crippen LogP contribution in [0.1, 0.15) is 92.9 Å². The molecule has 2 atom stereocenters. The third-order valence-corrected chi connectivity index (χ3v) is 4.12. The van der Waals surface area contributed by atoms with Crippen molar-refractivity contribution in [2.75, 3.05) is 26.4 Å². The van der Waals surface area contributed by atoms with E-state index in [1.54, 1.807) is 13.8 Å². The second-order valence-corrected chi connectivity index (χ2v) is 7.28. The Bertz CT molecular complexity index is 457. The number of unbranched alkanes of at least 4 members (excludes halogenated alkanes) is 3. The van der Waals surface area contributed by atoms with Crippen molar-refractivity contribution in [1.82, 2.24) is 0 Å². The highest BCUT2D eigenvalue weighted by atomic mass is 17.3. The standard InChI is InChI=1S/C22H42O10/c1-7-11-17-27-21(5,25-9-3)31-29-19(23)15-13-14-16-20(24)30-32-22(6,26-10-4)28-18-12-8-2/h7-18H2,1-6H3. The predicted octanol–water partition coefficient (Wildman–Crippen LogP) is 4.55. The molecule has 0 saturated carbocycles. The van der Waals surface area contributed by atoms with Crippen molar-refractivity contribution in [3.8, 4) is 0 Å². The summed E-state index contributed by atoms with van der Waals surface area (Å²) in [6, 6.07) is 0. The lowest BCUT2D eigenvalue weighted by Crippen LogP contribution is -2.37. The topological polar surface area (TPSA) is 108 Å². The fraction of sp³-hybridized carbons (Fsp3) is 0.909. The number of rotatable bonds is 21. The molecule has 0 aromatic heterocycles. The van der Waals surface area contributed by atoms with Gasteiger partial charge < -0.3 is 18.9 Å². The van der Waals surface area contributed by atoms with Crippen LogP contribution in [0.25, 0.3) is 0 Å². The highest BCUT2D eigenvalue weighted by molar-refractivity contribution is 5.69. The van der Waals surface area contributed by atoms with E-state index in [9.17, 15) is 9.59 Å². The molecule has 0 saturated heterocycles. The van der Waals surface area contributed by atoms with Crippen molar-refractivity contribution in [2.45, 2.75) is 105 Å². The number of hydrogen-bond donors (Lipinski definition) is 0. The third-order valence-electron chi connectivity index (χ3n) is 4.12. The maximum atomic E-state index is 11.9. The second-order valence-electron chi connectivity index (χ2n) is 7.28. The van der Waals surface area contributed by atoms with Crippen LogP contribution in [0.5, 0.6) is 0 Å². The quantitative estimate of drug-likeness (QED) is 0.103. The molecular formula is C22H42O10. The van der Waals surface area contributed by atoms with E-state index in [1.165, 1.54) is 13.8 Å². The molecule has 10 heteroatoms. The predicted molar refractivity (Wildman–Crippen MR) is 115 cm³/mol. The molecule has 0 rings (SSSR count). The summed E-state index contributed by atoms with van der Waals surface area (Å²) in [6.07, 6.45) is 4.47. The van der Waals surface area contributed by atoms with Gasteiger partial charge in [0.25, 0.3) is 0 Å². The van der Waals surface area contributed by atoms with Crippen LogP contribution < -0.4 is 0 Å². The van der Waals surface area contributed by atoms with Crippen LogP contribution in [0.2, 0.25) is 0 Å². The van der Waals surface area contributed by atoms with Gasteiger partial charge in [-0.1, -0.05) is 26.7 Å². The largest absolute Gasteiger partial charge is 0.342 e. The maximum Gasteiger partial charge on any atom is 0.342 e. The Kier molecular flexibility index (Phi) is 17.4. The van der Waals surface area contributed by atoms with Crippen LogP contribution >= 0.6 is 0 Å². The van der Waals surface area contributed by atoms with Gasteiger partial charge in [0.05, 0.1) is 13.2 Å². The van der Waals surface area contributed by atoms with E-state index in [1.807, 2.05) is 13.8 Å². The van der Waals surface area contributed by atoms with Gasteiger partial charge in [-0.05, 0) is 39.5 Å². The molecule has 0 aromatic rings. The molecule has 0 radical (unpaired) electrons. The first-order valence-corrected chi connectivity index (χ1v) is 11.6. The molecule has 0 aliphatic carbocycles. The zero-order valence-electron chi connectivity index (χ0n) is 20.6. The van der Waals surface area contributed by atoms with Gasteiger partial charge in [0.1, 0.15) is 0 Å². The monoisotopic (exact) mass is 466 g/mol. The van der Waals surface area contributed by atoms with E-state index in [-0.39, 0.29) is 12.8 Å². The lowest BCUT2D eigenvalue weighted by atomic mass is 10.2. The zero-order valence-corrected chi connectivity index (χ0v) is 20.6. The SMILES string of the molecule is CCCCOC(C)(OCC)OOC(=O)CCCCC(=O)OOC(C)(OCC)OCCCC. The Morgan fingerprint density at radius 2 is 0.969 bits per heavy atom. The molecule has 0 amide bonds. The summed E-state index contributed by atoms with van der Waals surface area (Å²) in [5.41, 5.74) is 0. The number of carbonyl (C=O) groups excluding carboxylic acids is 2. The third kappa shape index (κ3) is 15.5. The average Bonchev–Trinajstić information content (AvgIpc) is 2.75. The average molecular weight is 467 g/mol. The van der Waals surface area contributed by atoms with Gasteiger partial charge in [0, 0.05) is 39.9 Å². The van der Waals surface area contributed by atoms with Gasteiger partial charge in [-0.3, -0.25) is 9.78 Å². The highest BCUT2D eigenvalue weighted by Gasteiger charge is 2.31. The van der Waals surface area contributed by atoms with E-state index >= 15 is 0 Å². The number of ether oxygens (including phenoxy) is 4. The summed E-state index contributed by atoms with van der Waals surface area (Å²) in [6.45, 7) is 12.2. The molecule has 0 aromatic carbocycles. The molecule has 0 aliphatic rings. The summed E-state index contributed by atoms with van der Waals surface area (Å²) < 4.78 is 21.7. The van der Waals surface area contributed by atoms with Gasteiger partial charge in [0.15, 0.2) is 0 Å². The molecule has 0 bridgehead atoms. The van der Waals surface area contributed by atoms with Crippen LogP contribution in [0, 0.1) is 0 Å². The molecule has 190 valence electrons. The Hall–Kier alpha value is -1.30. The molecule has 0 fully saturated rings. The molecule has 0 spiro atoms. The fourth-order valence-electron chi connectivity index (χ4n) is 2.37. The fourth-order valence-corrected chi connectivity index (χ4v) is 2.37. The lowest BCUT2D eigenvalue weighted by molar-refractivity contribution is -0.481. The van der Waals surface area contributed by atoms with E-state index in [0.717, 1.165) is 25.7 Å². The molecule has 10 nitrogen and oxygen atoms in total. The molecule has 0 N–H and O–H groups in total. The normalized spacial score (nSPS) is 15.1. The first-order chi connectivity index (χ1) is 15.2. The van der Waals surface area contributed by atoms with Crippen LogP contribution in [-0.2, 0) is 48.1 Å². The Morgan fingerprint density at radius 1 is 0.594 bits per heavy atom. The summed E-state index contributed by atoms with van der Waals surface area (Å²) in [7, 11) is 0. The summed E-state index contributed by atoms with van der Waals surface area (Å²) >= 11 is 0. The Morgan fingerprint density at radius 3 is 1.28 bits per heavy atom. The molecule has 32 heavy (non-hydrogen) atoms. The van der Waals surface area contributed by atoms with Gasteiger partial charge in [0.2, 0.25) is 0 Å². The minimum absolute atomic E-state index is 0.0576. The lowest BCUT2D eigenvalue weighted by Gasteiger charge is -2.27. The smallest absolute Gasteiger partial charge is 0.326 e. The minimum atomic E-state index is -1.45. The number of carbonyl (C=O) groups is 2. The maximum absolute atomic E-state index is 11.9. The highest BCUT2D eigenvalue weighted by Crippen LogP contribution is 2.18. The van der Waals surface area contributed by atoms with Crippen molar-refractivity contribution in [1.29, 1.82) is 0 Å². The first kappa shape index (κ1) is 30.7. The van der Waals surface area contributed by atoms with Crippen molar-refractivity contribution in [2.24, 2.45) is 0 Å². The molecular weight excluding hydrogens is 424 g/mol. The van der Waals surface area contributed by atoms with Crippen molar-refractivity contribution >= 4 is 11.9 Å². The molecule has 2 unspecified atom stereocenters. The summed E-state index contributed by atoms with van der Waals surface area (Å²) in [4.78, 5) is 43.5. The van der Waals surface area contributed by atoms with Crippen molar-refractivity contribution in [3.63, 3.8) is 0 Å². The number of hydrogen-bond acceptors (Lipinski definition) is 10. The van der Waals surface area contributed by atoms with Gasteiger partial charge in [-0.15, -0.1) is 9.78 Å². The van der Waals surface area contributed by atoms with Crippen molar-refractivity contribution < 1.29 is 48.1 Å². The Balaban J connectivity index is 4.15. The summed E-state index contributed by atoms with van der Waals surface area (Å²) in [5, 5.41) is 0. The molecule has 0 heterocycles. The molecule has 0 aliphatic heterocycles. The van der Waals surface area contributed by atoms with Gasteiger partial charge >= 0.3 is 23.9 Å². The minimum Gasteiger partial charge on any atom is -0.326 e. The van der Waals surface area contributed by atoms with Crippen LogP contribution in [0.15, 0.2) is 0 Å². The van der Waals surface area contributed by atoms with E-state index in [0.29, 0.717) is 39.3 Å². The van der Waals surface area contributed by atoms with Gasteiger partial charge in [-0.25, -0.2) is 9.59 Å². The first-order valence-electron chi connectivity index (χ1n) is 11.6. The van der Waals surface area contributed by atoms with Crippen LogP contribution in [-0.4, -0.2) is 50.3 Å².